The Kier molecular flexibility index (Phi) is 5.11. The van der Waals surface area contributed by atoms with Crippen LogP contribution in [-0.2, 0) is 4.74 Å². The Morgan fingerprint density at radius 1 is 1.47 bits per heavy atom. The molecule has 0 saturated carbocycles. The van der Waals surface area contributed by atoms with Crippen LogP contribution in [0.2, 0.25) is 0 Å². The lowest BCUT2D eigenvalue weighted by Gasteiger charge is -2.26. The summed E-state index contributed by atoms with van der Waals surface area (Å²) in [5.41, 5.74) is 0.576. The molecule has 1 saturated heterocycles. The number of pyridine rings is 1. The zero-order valence-corrected chi connectivity index (χ0v) is 11.2. The maximum Gasteiger partial charge on any atom is 0.254 e. The van der Waals surface area contributed by atoms with Crippen LogP contribution in [0.25, 0.3) is 0 Å². The molecule has 6 nitrogen and oxygen atoms in total. The van der Waals surface area contributed by atoms with Crippen molar-refractivity contribution in [3.63, 3.8) is 0 Å². The summed E-state index contributed by atoms with van der Waals surface area (Å²) in [4.78, 5) is 18.2. The fourth-order valence-corrected chi connectivity index (χ4v) is 2.02. The largest absolute Gasteiger partial charge is 0.379 e. The quantitative estimate of drug-likeness (QED) is 0.794. The molecule has 2 rings (SSSR count). The maximum absolute atomic E-state index is 11.7. The molecule has 0 bridgehead atoms. The summed E-state index contributed by atoms with van der Waals surface area (Å²) < 4.78 is 5.30. The minimum absolute atomic E-state index is 0.123. The van der Waals surface area contributed by atoms with E-state index in [0.717, 1.165) is 39.4 Å². The van der Waals surface area contributed by atoms with Crippen LogP contribution in [0.4, 0.5) is 5.82 Å². The second kappa shape index (κ2) is 7.06. The summed E-state index contributed by atoms with van der Waals surface area (Å²) in [6.07, 6.45) is 1.68. The molecule has 1 aliphatic heterocycles. The van der Waals surface area contributed by atoms with E-state index in [1.54, 1.807) is 25.4 Å². The summed E-state index contributed by atoms with van der Waals surface area (Å²) in [5, 5.41) is 5.84. The van der Waals surface area contributed by atoms with Crippen molar-refractivity contribution in [1.29, 1.82) is 0 Å². The van der Waals surface area contributed by atoms with E-state index in [2.05, 4.69) is 20.5 Å². The SMILES string of the molecule is CNC(=O)c1cccnc1NCCN1CCOCC1. The predicted octanol–water partition coefficient (Wildman–Crippen LogP) is 0.185. The molecule has 0 radical (unpaired) electrons. The van der Waals surface area contributed by atoms with Gasteiger partial charge >= 0.3 is 0 Å². The summed E-state index contributed by atoms with van der Waals surface area (Å²) in [7, 11) is 1.62. The Morgan fingerprint density at radius 3 is 3.00 bits per heavy atom. The molecule has 2 heterocycles. The second-order valence-electron chi connectivity index (χ2n) is 4.36. The van der Waals surface area contributed by atoms with Crippen LogP contribution in [0.15, 0.2) is 18.3 Å². The van der Waals surface area contributed by atoms with Crippen LogP contribution in [-0.4, -0.2) is 62.2 Å². The molecule has 2 N–H and O–H groups in total. The molecule has 1 aromatic heterocycles. The van der Waals surface area contributed by atoms with E-state index < -0.39 is 0 Å². The Bertz CT molecular complexity index is 419. The van der Waals surface area contributed by atoms with Gasteiger partial charge in [0.05, 0.1) is 18.8 Å². The Morgan fingerprint density at radius 2 is 2.26 bits per heavy atom. The highest BCUT2D eigenvalue weighted by Crippen LogP contribution is 2.10. The van der Waals surface area contributed by atoms with Crippen molar-refractivity contribution in [3.05, 3.63) is 23.9 Å². The first kappa shape index (κ1) is 13.8. The summed E-state index contributed by atoms with van der Waals surface area (Å²) in [6, 6.07) is 3.53. The molecule has 1 aromatic rings. The smallest absolute Gasteiger partial charge is 0.254 e. The average molecular weight is 264 g/mol. The van der Waals surface area contributed by atoms with Crippen LogP contribution in [0.3, 0.4) is 0 Å². The number of hydrogen-bond donors (Lipinski definition) is 2. The first-order valence-corrected chi connectivity index (χ1v) is 6.52. The lowest BCUT2D eigenvalue weighted by Crippen LogP contribution is -2.39. The lowest BCUT2D eigenvalue weighted by molar-refractivity contribution is 0.0398. The molecular weight excluding hydrogens is 244 g/mol. The summed E-state index contributed by atoms with van der Waals surface area (Å²) in [5.74, 6) is 0.511. The Balaban J connectivity index is 1.86. The van der Waals surface area contributed by atoms with E-state index in [9.17, 15) is 4.79 Å². The van der Waals surface area contributed by atoms with E-state index in [1.807, 2.05) is 0 Å². The summed E-state index contributed by atoms with van der Waals surface area (Å²) >= 11 is 0. The van der Waals surface area contributed by atoms with E-state index >= 15 is 0 Å². The molecule has 0 unspecified atom stereocenters. The van der Waals surface area contributed by atoms with Crippen LogP contribution >= 0.6 is 0 Å². The normalized spacial score (nSPS) is 16.1. The highest BCUT2D eigenvalue weighted by atomic mass is 16.5. The number of nitrogens with zero attached hydrogens (tertiary/aromatic N) is 2. The molecule has 0 aliphatic carbocycles. The second-order valence-corrected chi connectivity index (χ2v) is 4.36. The van der Waals surface area contributed by atoms with Gasteiger partial charge in [-0.3, -0.25) is 9.69 Å². The van der Waals surface area contributed by atoms with E-state index in [-0.39, 0.29) is 5.91 Å². The zero-order chi connectivity index (χ0) is 13.5. The number of morpholine rings is 1. The molecule has 1 aliphatic rings. The zero-order valence-electron chi connectivity index (χ0n) is 11.2. The predicted molar refractivity (Wildman–Crippen MR) is 73.4 cm³/mol. The van der Waals surface area contributed by atoms with Gasteiger partial charge in [-0.1, -0.05) is 0 Å². The first-order valence-electron chi connectivity index (χ1n) is 6.52. The van der Waals surface area contributed by atoms with Crippen molar-refractivity contribution in [1.82, 2.24) is 15.2 Å². The number of rotatable bonds is 5. The van der Waals surface area contributed by atoms with E-state index in [0.29, 0.717) is 11.4 Å². The number of anilines is 1. The lowest BCUT2D eigenvalue weighted by atomic mass is 10.2. The standard InChI is InChI=1S/C13H20N4O2/c1-14-13(18)11-3-2-4-15-12(11)16-5-6-17-7-9-19-10-8-17/h2-4H,5-10H2,1H3,(H,14,18)(H,15,16). The maximum atomic E-state index is 11.7. The van der Waals surface area contributed by atoms with E-state index in [4.69, 9.17) is 4.74 Å². The van der Waals surface area contributed by atoms with Gasteiger partial charge in [0.2, 0.25) is 0 Å². The van der Waals surface area contributed by atoms with Gasteiger partial charge in [-0.25, -0.2) is 4.98 Å². The molecule has 1 amide bonds. The third kappa shape index (κ3) is 3.90. The molecule has 6 heteroatoms. The van der Waals surface area contributed by atoms with Crippen molar-refractivity contribution in [2.24, 2.45) is 0 Å². The minimum Gasteiger partial charge on any atom is -0.379 e. The van der Waals surface area contributed by atoms with Crippen molar-refractivity contribution in [2.75, 3.05) is 51.8 Å². The highest BCUT2D eigenvalue weighted by molar-refractivity contribution is 5.98. The van der Waals surface area contributed by atoms with Gasteiger partial charge in [-0.2, -0.15) is 0 Å². The Hall–Kier alpha value is -1.66. The number of hydrogen-bond acceptors (Lipinski definition) is 5. The van der Waals surface area contributed by atoms with Crippen LogP contribution in [0.5, 0.6) is 0 Å². The van der Waals surface area contributed by atoms with Crippen molar-refractivity contribution in [3.8, 4) is 0 Å². The van der Waals surface area contributed by atoms with Crippen LogP contribution in [0, 0.1) is 0 Å². The number of carbonyl (C=O) groups excluding carboxylic acids is 1. The minimum atomic E-state index is -0.123. The van der Waals surface area contributed by atoms with Gasteiger partial charge in [0.1, 0.15) is 5.82 Å². The molecule has 0 atom stereocenters. The summed E-state index contributed by atoms with van der Waals surface area (Å²) in [6.45, 7) is 5.21. The topological polar surface area (TPSA) is 66.5 Å². The van der Waals surface area contributed by atoms with Crippen molar-refractivity contribution >= 4 is 11.7 Å². The molecule has 0 spiro atoms. The number of carbonyl (C=O) groups is 1. The number of amides is 1. The van der Waals surface area contributed by atoms with E-state index in [1.165, 1.54) is 0 Å². The molecule has 0 aromatic carbocycles. The number of nitrogens with one attached hydrogen (secondary N) is 2. The highest BCUT2D eigenvalue weighted by Gasteiger charge is 2.12. The van der Waals surface area contributed by atoms with Crippen LogP contribution < -0.4 is 10.6 Å². The third-order valence-electron chi connectivity index (χ3n) is 3.10. The van der Waals surface area contributed by atoms with Gasteiger partial charge in [0.25, 0.3) is 5.91 Å². The van der Waals surface area contributed by atoms with Gasteiger partial charge in [-0.05, 0) is 12.1 Å². The number of aromatic nitrogens is 1. The van der Waals surface area contributed by atoms with Gasteiger partial charge < -0.3 is 15.4 Å². The fourth-order valence-electron chi connectivity index (χ4n) is 2.02. The fraction of sp³-hybridized carbons (Fsp3) is 0.538. The molecular formula is C13H20N4O2. The van der Waals surface area contributed by atoms with Crippen molar-refractivity contribution < 1.29 is 9.53 Å². The third-order valence-corrected chi connectivity index (χ3v) is 3.10. The molecule has 1 fully saturated rings. The number of ether oxygens (including phenoxy) is 1. The molecule has 104 valence electrons. The van der Waals surface area contributed by atoms with Gasteiger partial charge in [0, 0.05) is 39.4 Å². The average Bonchev–Trinajstić information content (AvgIpc) is 2.48. The van der Waals surface area contributed by atoms with Gasteiger partial charge in [-0.15, -0.1) is 0 Å². The Labute approximate surface area is 113 Å². The molecule has 19 heavy (non-hydrogen) atoms. The van der Waals surface area contributed by atoms with Gasteiger partial charge in [0.15, 0.2) is 0 Å². The van der Waals surface area contributed by atoms with Crippen LogP contribution in [0.1, 0.15) is 10.4 Å². The monoisotopic (exact) mass is 264 g/mol. The van der Waals surface area contributed by atoms with Crippen molar-refractivity contribution in [2.45, 2.75) is 0 Å². The first-order chi connectivity index (χ1) is 9.31.